The Labute approximate surface area is 154 Å². The lowest BCUT2D eigenvalue weighted by molar-refractivity contribution is -0.138. The minimum Gasteiger partial charge on any atom is -0.340 e. The maximum atomic E-state index is 12.4. The van der Waals surface area contributed by atoms with Gasteiger partial charge in [-0.2, -0.15) is 0 Å². The van der Waals surface area contributed by atoms with Gasteiger partial charge in [-0.05, 0) is 29.7 Å². The molecular weight excluding hydrogens is 336 g/mol. The summed E-state index contributed by atoms with van der Waals surface area (Å²) in [7, 11) is 1.76. The molecule has 0 aliphatic rings. The molecule has 0 aliphatic heterocycles. The minimum atomic E-state index is -0.101. The van der Waals surface area contributed by atoms with Crippen LogP contribution in [-0.4, -0.2) is 41.8 Å². The van der Waals surface area contributed by atoms with E-state index >= 15 is 0 Å². The van der Waals surface area contributed by atoms with E-state index in [0.717, 1.165) is 11.1 Å². The molecule has 0 unspecified atom stereocenters. The first-order chi connectivity index (χ1) is 12.0. The van der Waals surface area contributed by atoms with E-state index < -0.39 is 0 Å². The van der Waals surface area contributed by atoms with Crippen LogP contribution in [0, 0.1) is 0 Å². The second kappa shape index (κ2) is 9.23. The van der Waals surface area contributed by atoms with Crippen LogP contribution in [0.25, 0.3) is 0 Å². The summed E-state index contributed by atoms with van der Waals surface area (Å²) >= 11 is 5.88. The third-order valence-corrected chi connectivity index (χ3v) is 4.30. The molecule has 0 heterocycles. The van der Waals surface area contributed by atoms with Gasteiger partial charge >= 0.3 is 0 Å². The van der Waals surface area contributed by atoms with E-state index in [9.17, 15) is 9.59 Å². The molecule has 0 aromatic heterocycles. The third kappa shape index (κ3) is 6.24. The standard InChI is InChI=1S/C20H23ClN2O2/c1-16(24)23(13-12-17-8-10-19(21)11-9-17)15-20(25)22(2)14-18-6-4-3-5-7-18/h3-11H,12-15H2,1-2H3. The van der Waals surface area contributed by atoms with Crippen LogP contribution in [0.5, 0.6) is 0 Å². The number of carbonyl (C=O) groups is 2. The number of halogens is 1. The summed E-state index contributed by atoms with van der Waals surface area (Å²) in [6.45, 7) is 2.61. The Kier molecular flexibility index (Phi) is 7.02. The molecule has 2 amide bonds. The molecule has 0 saturated heterocycles. The number of hydrogen-bond acceptors (Lipinski definition) is 2. The molecule has 25 heavy (non-hydrogen) atoms. The first-order valence-electron chi connectivity index (χ1n) is 8.23. The Morgan fingerprint density at radius 1 is 0.960 bits per heavy atom. The molecule has 132 valence electrons. The number of rotatable bonds is 7. The van der Waals surface area contributed by atoms with E-state index in [1.165, 1.54) is 6.92 Å². The van der Waals surface area contributed by atoms with Crippen LogP contribution in [0.15, 0.2) is 54.6 Å². The summed E-state index contributed by atoms with van der Waals surface area (Å²) in [5, 5.41) is 0.685. The molecule has 5 heteroatoms. The molecular formula is C20H23ClN2O2. The number of hydrogen-bond donors (Lipinski definition) is 0. The predicted octanol–water partition coefficient (Wildman–Crippen LogP) is 3.39. The van der Waals surface area contributed by atoms with Crippen LogP contribution < -0.4 is 0 Å². The SMILES string of the molecule is CC(=O)N(CCc1ccc(Cl)cc1)CC(=O)N(C)Cc1ccccc1. The van der Waals surface area contributed by atoms with Crippen molar-refractivity contribution in [3.05, 3.63) is 70.7 Å². The van der Waals surface area contributed by atoms with Crippen molar-refractivity contribution in [3.63, 3.8) is 0 Å². The van der Waals surface area contributed by atoms with E-state index in [2.05, 4.69) is 0 Å². The van der Waals surface area contributed by atoms with Gasteiger partial charge in [0.15, 0.2) is 0 Å². The number of carbonyl (C=O) groups excluding carboxylic acids is 2. The average Bonchev–Trinajstić information content (AvgIpc) is 2.60. The number of amides is 2. The highest BCUT2D eigenvalue weighted by atomic mass is 35.5. The van der Waals surface area contributed by atoms with Gasteiger partial charge < -0.3 is 9.80 Å². The lowest BCUT2D eigenvalue weighted by Crippen LogP contribution is -2.41. The highest BCUT2D eigenvalue weighted by Crippen LogP contribution is 2.11. The zero-order chi connectivity index (χ0) is 18.2. The average molecular weight is 359 g/mol. The smallest absolute Gasteiger partial charge is 0.242 e. The van der Waals surface area contributed by atoms with Crippen LogP contribution >= 0.6 is 11.6 Å². The first kappa shape index (κ1) is 19.0. The molecule has 2 aromatic carbocycles. The van der Waals surface area contributed by atoms with Crippen molar-refractivity contribution in [2.24, 2.45) is 0 Å². The first-order valence-corrected chi connectivity index (χ1v) is 8.61. The lowest BCUT2D eigenvalue weighted by Gasteiger charge is -2.24. The van der Waals surface area contributed by atoms with Crippen molar-refractivity contribution in [3.8, 4) is 0 Å². The summed E-state index contributed by atoms with van der Waals surface area (Å²) < 4.78 is 0. The predicted molar refractivity (Wildman–Crippen MR) is 100 cm³/mol. The van der Waals surface area contributed by atoms with E-state index in [1.807, 2.05) is 54.6 Å². The lowest BCUT2D eigenvalue weighted by atomic mass is 10.1. The third-order valence-electron chi connectivity index (χ3n) is 4.04. The zero-order valence-electron chi connectivity index (χ0n) is 14.6. The fourth-order valence-corrected chi connectivity index (χ4v) is 2.62. The summed E-state index contributed by atoms with van der Waals surface area (Å²) in [5.74, 6) is -0.175. The maximum Gasteiger partial charge on any atom is 0.242 e. The van der Waals surface area contributed by atoms with Crippen LogP contribution in [0.1, 0.15) is 18.1 Å². The van der Waals surface area contributed by atoms with Gasteiger partial charge in [0.25, 0.3) is 0 Å². The molecule has 4 nitrogen and oxygen atoms in total. The fourth-order valence-electron chi connectivity index (χ4n) is 2.49. The molecule has 0 radical (unpaired) electrons. The second-order valence-electron chi connectivity index (χ2n) is 6.05. The van der Waals surface area contributed by atoms with Crippen LogP contribution in [0.3, 0.4) is 0 Å². The Morgan fingerprint density at radius 3 is 2.20 bits per heavy atom. The summed E-state index contributed by atoms with van der Waals surface area (Å²) in [6.07, 6.45) is 0.687. The van der Waals surface area contributed by atoms with Gasteiger partial charge in [0, 0.05) is 32.1 Å². The number of nitrogens with zero attached hydrogens (tertiary/aromatic N) is 2. The van der Waals surface area contributed by atoms with Gasteiger partial charge in [-0.15, -0.1) is 0 Å². The van der Waals surface area contributed by atoms with Crippen molar-refractivity contribution in [2.45, 2.75) is 19.9 Å². The normalized spacial score (nSPS) is 10.4. The van der Waals surface area contributed by atoms with E-state index in [1.54, 1.807) is 16.8 Å². The van der Waals surface area contributed by atoms with Crippen molar-refractivity contribution < 1.29 is 9.59 Å². The van der Waals surface area contributed by atoms with Gasteiger partial charge in [-0.1, -0.05) is 54.1 Å². The van der Waals surface area contributed by atoms with Gasteiger partial charge in [-0.25, -0.2) is 0 Å². The highest BCUT2D eigenvalue weighted by molar-refractivity contribution is 6.30. The maximum absolute atomic E-state index is 12.4. The summed E-state index contributed by atoms with van der Waals surface area (Å²) in [5.41, 5.74) is 2.15. The Bertz CT molecular complexity index is 701. The van der Waals surface area contributed by atoms with Gasteiger partial charge in [-0.3, -0.25) is 9.59 Å². The molecule has 0 aliphatic carbocycles. The fraction of sp³-hybridized carbons (Fsp3) is 0.300. The van der Waals surface area contributed by atoms with E-state index in [-0.39, 0.29) is 18.4 Å². The molecule has 0 bridgehead atoms. The van der Waals surface area contributed by atoms with Crippen LogP contribution in [-0.2, 0) is 22.6 Å². The van der Waals surface area contributed by atoms with Gasteiger partial charge in [0.1, 0.15) is 0 Å². The Hall–Kier alpha value is -2.33. The molecule has 2 aromatic rings. The van der Waals surface area contributed by atoms with Crippen LogP contribution in [0.2, 0.25) is 5.02 Å². The number of likely N-dealkylation sites (N-methyl/N-ethyl adjacent to an activating group) is 1. The largest absolute Gasteiger partial charge is 0.340 e. The van der Waals surface area contributed by atoms with E-state index in [0.29, 0.717) is 24.5 Å². The van der Waals surface area contributed by atoms with E-state index in [4.69, 9.17) is 11.6 Å². The van der Waals surface area contributed by atoms with Crippen molar-refractivity contribution in [2.75, 3.05) is 20.1 Å². The quantitative estimate of drug-likeness (QED) is 0.761. The molecule has 2 rings (SSSR count). The van der Waals surface area contributed by atoms with Gasteiger partial charge in [0.2, 0.25) is 11.8 Å². The summed E-state index contributed by atoms with van der Waals surface area (Å²) in [6, 6.07) is 17.3. The molecule has 0 fully saturated rings. The number of benzene rings is 2. The Balaban J connectivity index is 1.90. The molecule has 0 spiro atoms. The molecule has 0 N–H and O–H groups in total. The van der Waals surface area contributed by atoms with Crippen LogP contribution in [0.4, 0.5) is 0 Å². The van der Waals surface area contributed by atoms with Crippen molar-refractivity contribution >= 4 is 23.4 Å². The summed E-state index contributed by atoms with van der Waals surface area (Å²) in [4.78, 5) is 27.5. The zero-order valence-corrected chi connectivity index (χ0v) is 15.4. The molecule has 0 saturated carbocycles. The molecule has 0 atom stereocenters. The monoisotopic (exact) mass is 358 g/mol. The highest BCUT2D eigenvalue weighted by Gasteiger charge is 2.17. The second-order valence-corrected chi connectivity index (χ2v) is 6.49. The minimum absolute atomic E-state index is 0.0739. The van der Waals surface area contributed by atoms with Crippen molar-refractivity contribution in [1.82, 2.24) is 9.80 Å². The van der Waals surface area contributed by atoms with Gasteiger partial charge in [0.05, 0.1) is 6.54 Å². The topological polar surface area (TPSA) is 40.6 Å². The Morgan fingerprint density at radius 2 is 1.60 bits per heavy atom. The van der Waals surface area contributed by atoms with Crippen molar-refractivity contribution in [1.29, 1.82) is 0 Å².